The maximum atomic E-state index is 8.42. The van der Waals surface area contributed by atoms with Gasteiger partial charge in [0.15, 0.2) is 0 Å². The Bertz CT molecular complexity index is 65.1. The van der Waals surface area contributed by atoms with Crippen molar-refractivity contribution in [2.45, 2.75) is 0 Å². The monoisotopic (exact) mass is 604 g/mol. The Labute approximate surface area is 131 Å². The molecule has 0 spiro atoms. The zero-order valence-electron chi connectivity index (χ0n) is 8.02. The minimum absolute atomic E-state index is 0. The summed E-state index contributed by atoms with van der Waals surface area (Å²) in [6.07, 6.45) is 0. The predicted octanol–water partition coefficient (Wildman–Crippen LogP) is -15.8. The molecule has 0 aliphatic heterocycles. The van der Waals surface area contributed by atoms with Crippen LogP contribution in [0.2, 0.25) is 0 Å². The molecule has 0 amide bonds. The van der Waals surface area contributed by atoms with Gasteiger partial charge in [0, 0.05) is 0 Å². The van der Waals surface area contributed by atoms with E-state index < -0.39 is 29.3 Å². The molecule has 0 aromatic carbocycles. The van der Waals surface area contributed by atoms with E-state index in [1.165, 1.54) is 0 Å². The molecule has 0 aliphatic rings. The van der Waals surface area contributed by atoms with Crippen LogP contribution in [-0.4, -0.2) is 29.3 Å². The molecule has 0 rings (SSSR count). The first-order chi connectivity index (χ1) is 6.93. The van der Waals surface area contributed by atoms with Gasteiger partial charge in [-0.2, -0.15) is 0 Å². The van der Waals surface area contributed by atoms with E-state index in [2.05, 4.69) is 0 Å². The Morgan fingerprint density at radius 1 is 0.278 bits per heavy atom. The topological polar surface area (TPSA) is 277 Å². The van der Waals surface area contributed by atoms with Crippen molar-refractivity contribution in [1.82, 2.24) is 0 Å². The molecule has 0 unspecified atom stereocenters. The molecule has 18 heteroatoms. The third kappa shape index (κ3) is 3350. The van der Waals surface area contributed by atoms with E-state index in [1.54, 1.807) is 0 Å². The average molecular weight is 603 g/mol. The minimum atomic E-state index is -2.92. The van der Waals surface area contributed by atoms with Crippen molar-refractivity contribution in [3.05, 3.63) is 0 Å². The molecule has 12 nitrogen and oxygen atoms in total. The zero-order valence-corrected chi connectivity index (χ0v) is 13.9. The molecule has 0 saturated carbocycles. The Morgan fingerprint density at radius 2 is 0.278 bits per heavy atom. The Hall–Kier alpha value is 1.16. The smallest absolute Gasteiger partial charge is 0.907 e. The quantitative estimate of drug-likeness (QED) is 0.234. The molecule has 18 heavy (non-hydrogen) atoms. The molecule has 0 bridgehead atoms. The van der Waals surface area contributed by atoms with Crippen LogP contribution in [0.25, 0.3) is 0 Å². The Morgan fingerprint density at radius 3 is 0.278 bits per heavy atom. The molecule has 0 aromatic rings. The molecule has 0 fully saturated rings. The van der Waals surface area contributed by atoms with E-state index in [0.717, 1.165) is 0 Å². The maximum Gasteiger partial charge on any atom is 6.00 e. The second kappa shape index (κ2) is 30.9. The van der Waals surface area contributed by atoms with Crippen LogP contribution in [0.15, 0.2) is 0 Å². The Balaban J connectivity index is -0.0000000257. The van der Waals surface area contributed by atoms with Gasteiger partial charge >= 0.3 is 42.1 Å². The van der Waals surface area contributed by atoms with Gasteiger partial charge in [0.25, 0.3) is 0 Å². The summed E-state index contributed by atoms with van der Waals surface area (Å²) in [7, 11) is -11.7. The normalized spacial score (nSPS) is 6.00. The molecule has 0 aromatic heterocycles. The van der Waals surface area contributed by atoms with E-state index in [4.69, 9.17) is 60.3 Å². The van der Waals surface area contributed by atoms with Crippen molar-refractivity contribution in [2.75, 3.05) is 0 Å². The number of hydrogen-bond donors (Lipinski definition) is 0. The van der Waals surface area contributed by atoms with Gasteiger partial charge in [0.1, 0.15) is 0 Å². The fourth-order valence-electron chi connectivity index (χ4n) is 0. The third-order valence-corrected chi connectivity index (χ3v) is 0. The SMILES string of the molecule is [O-]B([O-])[O-].[O-]B([O-])[O-].[O-]B([O-])[O-].[O-]B([O-])[O-].[W+6].[W+6]. The van der Waals surface area contributed by atoms with E-state index in [9.17, 15) is 0 Å². The molecule has 0 atom stereocenters. The summed E-state index contributed by atoms with van der Waals surface area (Å²) in [5.74, 6) is 0. The summed E-state index contributed by atoms with van der Waals surface area (Å²) in [5.41, 5.74) is 0. The molecular weight excluding hydrogens is 603 g/mol. The molecule has 0 saturated heterocycles. The summed E-state index contributed by atoms with van der Waals surface area (Å²) < 4.78 is 0. The van der Waals surface area contributed by atoms with E-state index in [-0.39, 0.29) is 42.1 Å². The van der Waals surface area contributed by atoms with Crippen LogP contribution in [0.4, 0.5) is 0 Å². The minimum Gasteiger partial charge on any atom is -0.907 e. The first-order valence-corrected chi connectivity index (χ1v) is 2.83. The first kappa shape index (κ1) is 36.5. The van der Waals surface area contributed by atoms with Gasteiger partial charge < -0.3 is 60.3 Å². The van der Waals surface area contributed by atoms with Crippen LogP contribution < -0.4 is 60.3 Å². The molecule has 0 radical (unpaired) electrons. The van der Waals surface area contributed by atoms with Crippen LogP contribution in [0.3, 0.4) is 0 Å². The van der Waals surface area contributed by atoms with Gasteiger partial charge in [-0.05, 0) is 0 Å². The molecular formula is B4O12W2. The van der Waals surface area contributed by atoms with Gasteiger partial charge in [-0.3, -0.25) is 29.3 Å². The molecule has 0 N–H and O–H groups in total. The van der Waals surface area contributed by atoms with Crippen molar-refractivity contribution < 1.29 is 102 Å². The summed E-state index contributed by atoms with van der Waals surface area (Å²) in [4.78, 5) is 0. The van der Waals surface area contributed by atoms with Crippen LogP contribution in [-0.2, 0) is 42.1 Å². The van der Waals surface area contributed by atoms with Gasteiger partial charge in [-0.15, -0.1) is 0 Å². The van der Waals surface area contributed by atoms with Gasteiger partial charge in [0.2, 0.25) is 0 Å². The van der Waals surface area contributed by atoms with Gasteiger partial charge in [-0.25, -0.2) is 0 Å². The van der Waals surface area contributed by atoms with Gasteiger partial charge in [0.05, 0.1) is 0 Å². The fourth-order valence-corrected chi connectivity index (χ4v) is 0. The van der Waals surface area contributed by atoms with Crippen LogP contribution in [0, 0.1) is 0 Å². The maximum absolute atomic E-state index is 8.42. The molecule has 0 aliphatic carbocycles. The zero-order chi connectivity index (χ0) is 14.3. The van der Waals surface area contributed by atoms with Crippen LogP contribution in [0.5, 0.6) is 0 Å². The van der Waals surface area contributed by atoms with E-state index in [1.807, 2.05) is 0 Å². The molecule has 96 valence electrons. The van der Waals surface area contributed by atoms with Crippen LogP contribution in [0.1, 0.15) is 0 Å². The van der Waals surface area contributed by atoms with Crippen molar-refractivity contribution >= 4 is 29.3 Å². The second-order valence-corrected chi connectivity index (χ2v) is 1.15. The standard InChI is InChI=1S/4BO3.2W/c4*2-1(3)4;;/q4*-3;2*+6. The number of rotatable bonds is 0. The van der Waals surface area contributed by atoms with E-state index >= 15 is 0 Å². The first-order valence-electron chi connectivity index (χ1n) is 2.83. The second-order valence-electron chi connectivity index (χ2n) is 1.15. The van der Waals surface area contributed by atoms with Crippen molar-refractivity contribution in [3.63, 3.8) is 0 Å². The van der Waals surface area contributed by atoms with Crippen LogP contribution >= 0.6 is 0 Å². The van der Waals surface area contributed by atoms with E-state index in [0.29, 0.717) is 0 Å². The van der Waals surface area contributed by atoms with Crippen molar-refractivity contribution in [3.8, 4) is 0 Å². The summed E-state index contributed by atoms with van der Waals surface area (Å²) in [6.45, 7) is 0. The predicted molar refractivity (Wildman–Crippen MR) is 23.0 cm³/mol. The summed E-state index contributed by atoms with van der Waals surface area (Å²) >= 11 is 0. The molecule has 0 heterocycles. The Kier molecular flexibility index (Phi) is 62.6. The summed E-state index contributed by atoms with van der Waals surface area (Å²) in [6, 6.07) is 0. The summed E-state index contributed by atoms with van der Waals surface area (Å²) in [5, 5.41) is 101. The largest absolute Gasteiger partial charge is 6.00 e. The van der Waals surface area contributed by atoms with Crippen molar-refractivity contribution in [1.29, 1.82) is 0 Å². The van der Waals surface area contributed by atoms with Crippen molar-refractivity contribution in [2.24, 2.45) is 0 Å². The third-order valence-electron chi connectivity index (χ3n) is 0. The number of hydrogen-bond acceptors (Lipinski definition) is 12. The van der Waals surface area contributed by atoms with Gasteiger partial charge in [-0.1, -0.05) is 0 Å². The average Bonchev–Trinajstić information content (AvgIpc) is 1.76. The fraction of sp³-hybridized carbons (Fsp3) is 0.